The van der Waals surface area contributed by atoms with E-state index >= 15 is 4.39 Å². The molecule has 1 aliphatic carbocycles. The van der Waals surface area contributed by atoms with Crippen molar-refractivity contribution in [3.05, 3.63) is 101 Å². The smallest absolute Gasteiger partial charge is 0.410 e. The first kappa shape index (κ1) is 65.6. The Bertz CT molecular complexity index is 3770. The molecule has 2 bridgehead atoms. The zero-order valence-electron chi connectivity index (χ0n) is 55.8. The van der Waals surface area contributed by atoms with Gasteiger partial charge in [-0.15, -0.1) is 11.3 Å². The Morgan fingerprint density at radius 3 is 2.31 bits per heavy atom. The summed E-state index contributed by atoms with van der Waals surface area (Å²) in [6.07, 6.45) is 12.1. The van der Waals surface area contributed by atoms with Crippen LogP contribution in [-0.4, -0.2) is 155 Å². The Labute approximate surface area is 550 Å². The molecular formula is C72H92FN11O8S. The fraction of sp³-hybridized carbons (Fsp3) is 0.556. The number of benzene rings is 3. The zero-order chi connectivity index (χ0) is 65.3. The van der Waals surface area contributed by atoms with Gasteiger partial charge in [-0.05, 0) is 169 Å². The molecular weight excluding hydrogens is 1200 g/mol. The number of amides is 3. The number of rotatable bonds is 21. The monoisotopic (exact) mass is 1290 g/mol. The summed E-state index contributed by atoms with van der Waals surface area (Å²) in [5.74, 6) is 4.78. The first-order chi connectivity index (χ1) is 44.8. The number of pyridine rings is 1. The molecule has 496 valence electrons. The molecule has 0 spiro atoms. The molecule has 0 radical (unpaired) electrons. The maximum atomic E-state index is 17.6. The van der Waals surface area contributed by atoms with Crippen LogP contribution >= 0.6 is 11.3 Å². The number of thiazole rings is 1. The van der Waals surface area contributed by atoms with E-state index in [-0.39, 0.29) is 65.6 Å². The van der Waals surface area contributed by atoms with E-state index in [0.29, 0.717) is 66.5 Å². The molecule has 19 nitrogen and oxygen atoms in total. The molecule has 6 fully saturated rings. The Morgan fingerprint density at radius 2 is 1.65 bits per heavy atom. The van der Waals surface area contributed by atoms with Crippen LogP contribution in [0, 0.1) is 35.9 Å². The number of fused-ring (bicyclic) bond motifs is 4. The summed E-state index contributed by atoms with van der Waals surface area (Å²) >= 11 is 1.63. The average Bonchev–Trinajstić information content (AvgIpc) is 1.22. The number of ether oxygens (including phenoxy) is 4. The first-order valence-corrected chi connectivity index (χ1v) is 34.5. The summed E-state index contributed by atoms with van der Waals surface area (Å²) in [6, 6.07) is 19.8. The summed E-state index contributed by atoms with van der Waals surface area (Å²) in [7, 11) is 1.57. The molecule has 5 atom stereocenters. The van der Waals surface area contributed by atoms with E-state index in [1.54, 1.807) is 29.5 Å². The van der Waals surface area contributed by atoms with Crippen molar-refractivity contribution in [3.63, 3.8) is 0 Å². The van der Waals surface area contributed by atoms with Crippen molar-refractivity contribution in [2.45, 2.75) is 162 Å². The number of carbonyl (C=O) groups is 3. The van der Waals surface area contributed by atoms with Crippen LogP contribution in [0.15, 0.2) is 76.9 Å². The highest BCUT2D eigenvalue weighted by Crippen LogP contribution is 2.48. The number of anilines is 2. The molecule has 1 saturated carbocycles. The molecule has 3 unspecified atom stereocenters. The molecule has 4 aromatic heterocycles. The van der Waals surface area contributed by atoms with Crippen LogP contribution in [0.3, 0.4) is 0 Å². The van der Waals surface area contributed by atoms with Crippen molar-refractivity contribution in [1.82, 2.24) is 45.1 Å². The topological polar surface area (TPSA) is 194 Å². The third-order valence-electron chi connectivity index (χ3n) is 20.2. The molecule has 5 saturated heterocycles. The van der Waals surface area contributed by atoms with Gasteiger partial charge in [0.05, 0.1) is 46.2 Å². The minimum atomic E-state index is -0.604. The number of hydrogen-bond donors (Lipinski definition) is 1. The van der Waals surface area contributed by atoms with Crippen molar-refractivity contribution in [2.24, 2.45) is 23.2 Å². The lowest BCUT2D eigenvalue weighted by Gasteiger charge is -2.42. The summed E-state index contributed by atoms with van der Waals surface area (Å²) in [6.45, 7) is 25.9. The molecule has 21 heteroatoms. The van der Waals surface area contributed by atoms with E-state index in [9.17, 15) is 14.4 Å². The average molecular weight is 1290 g/mol. The van der Waals surface area contributed by atoms with Crippen LogP contribution in [0.2, 0.25) is 0 Å². The van der Waals surface area contributed by atoms with Gasteiger partial charge in [0.2, 0.25) is 12.3 Å². The lowest BCUT2D eigenvalue weighted by molar-refractivity contribution is -0.131. The molecule has 1 N–H and O–H groups in total. The van der Waals surface area contributed by atoms with Gasteiger partial charge in [0.25, 0.3) is 0 Å². The number of hydrogen-bond acceptors (Lipinski definition) is 17. The predicted molar refractivity (Wildman–Crippen MR) is 360 cm³/mol. The molecule has 5 aliphatic heterocycles. The van der Waals surface area contributed by atoms with Crippen LogP contribution in [0.4, 0.5) is 20.8 Å². The third-order valence-corrected chi connectivity index (χ3v) is 21.2. The number of nitrogens with one attached hydrogen (secondary N) is 1. The minimum Gasteiger partial charge on any atom is -0.468 e. The highest BCUT2D eigenvalue weighted by atomic mass is 32.1. The van der Waals surface area contributed by atoms with Gasteiger partial charge in [-0.25, -0.2) is 14.2 Å². The Morgan fingerprint density at radius 1 is 0.892 bits per heavy atom. The van der Waals surface area contributed by atoms with E-state index in [1.165, 1.54) is 24.1 Å². The largest absolute Gasteiger partial charge is 0.468 e. The van der Waals surface area contributed by atoms with Gasteiger partial charge in [-0.3, -0.25) is 19.5 Å². The number of nitrogens with zero attached hydrogens (tertiary/aromatic N) is 10. The Balaban J connectivity index is 0.000000290. The lowest BCUT2D eigenvalue weighted by Crippen LogP contribution is -2.57. The van der Waals surface area contributed by atoms with Crippen molar-refractivity contribution in [1.29, 1.82) is 0 Å². The fourth-order valence-electron chi connectivity index (χ4n) is 14.4. The van der Waals surface area contributed by atoms with Crippen molar-refractivity contribution in [3.8, 4) is 33.5 Å². The molecule has 7 aromatic rings. The van der Waals surface area contributed by atoms with E-state index < -0.39 is 11.4 Å². The maximum absolute atomic E-state index is 17.6. The molecule has 3 aromatic carbocycles. The van der Waals surface area contributed by atoms with Gasteiger partial charge in [0, 0.05) is 75.5 Å². The van der Waals surface area contributed by atoms with E-state index in [4.69, 9.17) is 38.4 Å². The molecule has 9 heterocycles. The summed E-state index contributed by atoms with van der Waals surface area (Å²) < 4.78 is 47.0. The second-order valence-electron chi connectivity index (χ2n) is 28.3. The summed E-state index contributed by atoms with van der Waals surface area (Å²) in [4.78, 5) is 67.7. The Kier molecular flexibility index (Phi) is 19.6. The fourth-order valence-corrected chi connectivity index (χ4v) is 15.2. The van der Waals surface area contributed by atoms with Gasteiger partial charge >= 0.3 is 12.1 Å². The molecule has 3 amide bonds. The van der Waals surface area contributed by atoms with Gasteiger partial charge in [0.1, 0.15) is 40.2 Å². The molecule has 13 rings (SSSR count). The van der Waals surface area contributed by atoms with Crippen LogP contribution in [0.25, 0.3) is 43.4 Å². The van der Waals surface area contributed by atoms with Crippen LogP contribution in [0.1, 0.15) is 148 Å². The van der Waals surface area contributed by atoms with Crippen molar-refractivity contribution < 1.29 is 42.2 Å². The third kappa shape index (κ3) is 14.6. The number of aromatic nitrogens is 5. The number of methoxy groups -OCH3 is 1. The van der Waals surface area contributed by atoms with E-state index in [1.807, 2.05) is 81.4 Å². The van der Waals surface area contributed by atoms with Gasteiger partial charge in [0.15, 0.2) is 18.4 Å². The maximum Gasteiger partial charge on any atom is 0.410 e. The lowest BCUT2D eigenvalue weighted by atomic mass is 9.83. The number of halogens is 1. The zero-order valence-corrected chi connectivity index (χ0v) is 56.6. The second kappa shape index (κ2) is 27.8. The van der Waals surface area contributed by atoms with E-state index in [0.717, 1.165) is 135 Å². The SMILES string of the molecule is CCc1cccc2cc(OCOC)cc(-c3ncc4c(N5CC6CCC(C5)N6C(=O)OC(C)(C)C)nc(OCC5(CN6CCC(CC7CN(c8cc(C(C)C(C)C)on8)C7)CC6)CC5)nc4c3F)c12.Cc1ncsc1-c1ccc([C@H](C)NC(=O)[C@@H]2CCCN2C=O)cc1. The highest BCUT2D eigenvalue weighted by Gasteiger charge is 2.47. The van der Waals surface area contributed by atoms with Gasteiger partial charge in [-0.2, -0.15) is 9.97 Å². The van der Waals surface area contributed by atoms with Crippen LogP contribution in [0.5, 0.6) is 11.8 Å². The predicted octanol–water partition coefficient (Wildman–Crippen LogP) is 13.2. The van der Waals surface area contributed by atoms with E-state index in [2.05, 4.69) is 82.1 Å². The van der Waals surface area contributed by atoms with Crippen LogP contribution in [-0.2, 0) is 25.5 Å². The Hall–Kier alpha value is -7.49. The summed E-state index contributed by atoms with van der Waals surface area (Å²) in [5.41, 5.74) is 6.49. The number of piperidine rings is 1. The quantitative estimate of drug-likeness (QED) is 0.0527. The first-order valence-electron chi connectivity index (χ1n) is 33.7. The molecule has 93 heavy (non-hydrogen) atoms. The van der Waals surface area contributed by atoms with Gasteiger partial charge < -0.3 is 48.4 Å². The van der Waals surface area contributed by atoms with Crippen molar-refractivity contribution >= 4 is 63.1 Å². The minimum absolute atomic E-state index is 0.00150. The molecule has 6 aliphatic rings. The number of likely N-dealkylation sites (tertiary alicyclic amines) is 2. The van der Waals surface area contributed by atoms with Crippen molar-refractivity contribution in [2.75, 3.05) is 82.7 Å². The second-order valence-corrected chi connectivity index (χ2v) is 29.2. The van der Waals surface area contributed by atoms with Crippen LogP contribution < -0.4 is 24.6 Å². The standard InChI is InChI=1S/C54H71FN8O6.C18H21N3O2S/c1-9-37-11-10-12-38-22-41(67-32-65-8)23-42(46(37)38)48-47(55)49-43(25-56-48)50(62-28-39-13-14-40(29-62)63(39)52(64)68-53(5,6)7)58-51(57-49)66-31-54(17-18-54)30-60-19-15-35(16-20-60)21-36-26-61(27-36)45-24-44(69-59-45)34(4)33(2)3;1-12(20-18(23)16-4-3-9-21(16)11-22)14-5-7-15(8-6-14)17-13(2)19-10-24-17/h10-12,22-25,33-36,39-40H,9,13-21,26-32H2,1-8H3;5-8,10-12,16H,3-4,9H2,1-2H3,(H,20,23)/t;12-,16-/m.0/s1. The summed E-state index contributed by atoms with van der Waals surface area (Å²) in [5, 5.41) is 9.75. The number of piperazine rings is 1. The normalized spacial score (nSPS) is 20.6. The number of aryl methyl sites for hydroxylation is 2. The highest BCUT2D eigenvalue weighted by molar-refractivity contribution is 7.13. The van der Waals surface area contributed by atoms with Gasteiger partial charge in [-0.1, -0.05) is 75.3 Å². The number of carbonyl (C=O) groups excluding carboxylic acids is 3.